The van der Waals surface area contributed by atoms with Crippen molar-refractivity contribution in [1.29, 1.82) is 0 Å². The van der Waals surface area contributed by atoms with Crippen molar-refractivity contribution in [3.8, 4) is 28.7 Å². The molecule has 10 heteroatoms. The van der Waals surface area contributed by atoms with Gasteiger partial charge < -0.3 is 9.64 Å². The number of benzene rings is 1. The molecule has 4 rings (SSSR count). The van der Waals surface area contributed by atoms with E-state index in [2.05, 4.69) is 27.1 Å². The van der Waals surface area contributed by atoms with Crippen molar-refractivity contribution >= 4 is 28.3 Å². The van der Waals surface area contributed by atoms with Crippen molar-refractivity contribution < 1.29 is 23.1 Å². The fourth-order valence-corrected chi connectivity index (χ4v) is 4.03. The molecule has 1 N–H and O–H groups in total. The number of amides is 2. The number of pyridine rings is 1. The number of alkyl halides is 2. The van der Waals surface area contributed by atoms with Crippen molar-refractivity contribution in [2.24, 2.45) is 5.92 Å². The minimum atomic E-state index is -2.81. The van der Waals surface area contributed by atoms with Gasteiger partial charge in [-0.25, -0.2) is 13.8 Å². The fourth-order valence-electron chi connectivity index (χ4n) is 3.36. The molecule has 36 heavy (non-hydrogen) atoms. The minimum absolute atomic E-state index is 0.0759. The maximum atomic E-state index is 13.5. The predicted molar refractivity (Wildman–Crippen MR) is 133 cm³/mol. The van der Waals surface area contributed by atoms with Crippen LogP contribution in [0.2, 0.25) is 0 Å². The van der Waals surface area contributed by atoms with Crippen LogP contribution in [-0.4, -0.2) is 47.9 Å². The highest BCUT2D eigenvalue weighted by molar-refractivity contribution is 7.16. The molecule has 1 aromatic carbocycles. The predicted octanol–water partition coefficient (Wildman–Crippen LogP) is 4.80. The Morgan fingerprint density at radius 1 is 1.19 bits per heavy atom. The summed E-state index contributed by atoms with van der Waals surface area (Å²) in [5, 5.41) is 3.13. The van der Waals surface area contributed by atoms with Crippen LogP contribution >= 0.6 is 11.3 Å². The maximum Gasteiger partial charge on any atom is 0.280 e. The van der Waals surface area contributed by atoms with Crippen LogP contribution in [0.25, 0.3) is 11.1 Å². The lowest BCUT2D eigenvalue weighted by Crippen LogP contribution is -2.23. The minimum Gasteiger partial charge on any atom is -0.494 e. The third kappa shape index (κ3) is 6.04. The van der Waals surface area contributed by atoms with E-state index in [1.807, 2.05) is 0 Å². The van der Waals surface area contributed by atoms with Gasteiger partial charge in [-0.2, -0.15) is 0 Å². The van der Waals surface area contributed by atoms with Crippen LogP contribution in [0.15, 0.2) is 36.7 Å². The van der Waals surface area contributed by atoms with Gasteiger partial charge in [0, 0.05) is 31.1 Å². The Morgan fingerprint density at radius 3 is 2.64 bits per heavy atom. The molecular weight excluding hydrogens is 486 g/mol. The third-order valence-corrected chi connectivity index (χ3v) is 6.34. The number of nitrogens with one attached hydrogen (secondary N) is 1. The van der Waals surface area contributed by atoms with E-state index < -0.39 is 18.0 Å². The number of nitrogens with zero attached hydrogens (tertiary/aromatic N) is 3. The number of hydrogen-bond acceptors (Lipinski definition) is 6. The number of anilines is 1. The second-order valence-electron chi connectivity index (χ2n) is 8.48. The molecule has 2 amide bonds. The van der Waals surface area contributed by atoms with Crippen LogP contribution in [0.3, 0.4) is 0 Å². The molecule has 3 aromatic rings. The van der Waals surface area contributed by atoms with Gasteiger partial charge in [-0.15, -0.1) is 0 Å². The summed E-state index contributed by atoms with van der Waals surface area (Å²) in [5.41, 5.74) is 0.974. The smallest absolute Gasteiger partial charge is 0.280 e. The Balaban J connectivity index is 1.72. The van der Waals surface area contributed by atoms with Crippen LogP contribution in [-0.2, 0) is 11.2 Å². The molecule has 1 aliphatic rings. The maximum absolute atomic E-state index is 13.5. The zero-order valence-corrected chi connectivity index (χ0v) is 20.8. The van der Waals surface area contributed by atoms with Gasteiger partial charge in [0.15, 0.2) is 5.13 Å². The first-order valence-electron chi connectivity index (χ1n) is 11.2. The molecule has 0 saturated heterocycles. The topological polar surface area (TPSA) is 84.4 Å². The number of ether oxygens (including phenoxy) is 1. The molecular formula is C26H24F2N4O3S. The molecule has 0 radical (unpaired) electrons. The van der Waals surface area contributed by atoms with Gasteiger partial charge in [0.2, 0.25) is 5.91 Å². The van der Waals surface area contributed by atoms with E-state index in [0.717, 1.165) is 17.7 Å². The van der Waals surface area contributed by atoms with Crippen LogP contribution in [0.5, 0.6) is 5.75 Å². The lowest BCUT2D eigenvalue weighted by Gasteiger charge is -2.16. The Morgan fingerprint density at radius 2 is 1.97 bits per heavy atom. The highest BCUT2D eigenvalue weighted by Crippen LogP contribution is 2.36. The summed E-state index contributed by atoms with van der Waals surface area (Å²) < 4.78 is 32.3. The number of likely N-dealkylation sites (N-methyl/N-ethyl adjacent to an activating group) is 1. The second-order valence-corrected chi connectivity index (χ2v) is 9.51. The SMILES string of the molecule is COc1cnc(C(F)F)cc1-c1cc(CC(=O)N(C)C)ccc1C(=O)Nc1ncc(C#CC2CC2)s1. The van der Waals surface area contributed by atoms with Gasteiger partial charge in [0.1, 0.15) is 11.4 Å². The summed E-state index contributed by atoms with van der Waals surface area (Å²) in [7, 11) is 4.67. The monoisotopic (exact) mass is 510 g/mol. The van der Waals surface area contributed by atoms with Gasteiger partial charge >= 0.3 is 0 Å². The normalized spacial score (nSPS) is 12.6. The number of methoxy groups -OCH3 is 1. The molecule has 1 saturated carbocycles. The highest BCUT2D eigenvalue weighted by atomic mass is 32.1. The first-order chi connectivity index (χ1) is 17.2. The molecule has 1 aliphatic carbocycles. The Labute approximate surface area is 211 Å². The van der Waals surface area contributed by atoms with Gasteiger partial charge in [-0.1, -0.05) is 29.2 Å². The van der Waals surface area contributed by atoms with Crippen molar-refractivity contribution in [2.75, 3.05) is 26.5 Å². The highest BCUT2D eigenvalue weighted by Gasteiger charge is 2.22. The summed E-state index contributed by atoms with van der Waals surface area (Å²) in [6, 6.07) is 6.06. The molecule has 2 heterocycles. The van der Waals surface area contributed by atoms with E-state index in [0.29, 0.717) is 22.2 Å². The lowest BCUT2D eigenvalue weighted by atomic mass is 9.95. The molecule has 7 nitrogen and oxygen atoms in total. The van der Waals surface area contributed by atoms with Gasteiger partial charge in [0.25, 0.3) is 12.3 Å². The zero-order chi connectivity index (χ0) is 25.8. The number of hydrogen-bond donors (Lipinski definition) is 1. The number of rotatable bonds is 7. The third-order valence-electron chi connectivity index (χ3n) is 5.51. The van der Waals surface area contributed by atoms with Crippen LogP contribution in [0.1, 0.15) is 45.8 Å². The first-order valence-corrected chi connectivity index (χ1v) is 12.0. The molecule has 0 spiro atoms. The van der Waals surface area contributed by atoms with E-state index in [9.17, 15) is 18.4 Å². The molecule has 0 aliphatic heterocycles. The summed E-state index contributed by atoms with van der Waals surface area (Å²) in [6.45, 7) is 0. The van der Waals surface area contributed by atoms with Crippen molar-refractivity contribution in [2.45, 2.75) is 25.7 Å². The molecule has 0 bridgehead atoms. The van der Waals surface area contributed by atoms with Crippen molar-refractivity contribution in [3.63, 3.8) is 0 Å². The average Bonchev–Trinajstić information content (AvgIpc) is 3.59. The number of carbonyl (C=O) groups excluding carboxylic acids is 2. The van der Waals surface area contributed by atoms with Crippen LogP contribution < -0.4 is 10.1 Å². The summed E-state index contributed by atoms with van der Waals surface area (Å²) in [4.78, 5) is 35.8. The van der Waals surface area contributed by atoms with Crippen molar-refractivity contribution in [3.05, 3.63) is 58.4 Å². The average molecular weight is 511 g/mol. The van der Waals surface area contributed by atoms with E-state index >= 15 is 0 Å². The zero-order valence-electron chi connectivity index (χ0n) is 20.0. The lowest BCUT2D eigenvalue weighted by molar-refractivity contribution is -0.127. The molecule has 0 unspecified atom stereocenters. The van der Waals surface area contributed by atoms with Crippen LogP contribution in [0.4, 0.5) is 13.9 Å². The van der Waals surface area contributed by atoms with Gasteiger partial charge in [-0.3, -0.25) is 19.9 Å². The summed E-state index contributed by atoms with van der Waals surface area (Å²) in [5.74, 6) is 6.26. The van der Waals surface area contributed by atoms with Crippen LogP contribution in [0, 0.1) is 17.8 Å². The van der Waals surface area contributed by atoms with E-state index in [4.69, 9.17) is 4.74 Å². The van der Waals surface area contributed by atoms with E-state index in [1.165, 1.54) is 35.6 Å². The van der Waals surface area contributed by atoms with E-state index in [1.54, 1.807) is 38.5 Å². The Bertz CT molecular complexity index is 1360. The van der Waals surface area contributed by atoms with E-state index in [-0.39, 0.29) is 29.2 Å². The van der Waals surface area contributed by atoms with Gasteiger partial charge in [-0.05, 0) is 42.2 Å². The first kappa shape index (κ1) is 25.3. The summed E-state index contributed by atoms with van der Waals surface area (Å²) in [6.07, 6.45) is 2.29. The number of halogens is 2. The largest absolute Gasteiger partial charge is 0.494 e. The molecule has 0 atom stereocenters. The number of aromatic nitrogens is 2. The summed E-state index contributed by atoms with van der Waals surface area (Å²) >= 11 is 1.26. The standard InChI is InChI=1S/C26H24F2N4O3S/c1-32(2)23(33)11-16-7-9-18(19(10-16)20-12-21(24(27)28)29-14-22(20)35-3)25(34)31-26-30-13-17(36-26)8-6-15-4-5-15/h7,9-10,12-15,24H,4-5,11H2,1-3H3,(H,30,31,34). The molecule has 186 valence electrons. The number of thiazole rings is 1. The molecule has 1 fully saturated rings. The Hall–Kier alpha value is -3.84. The Kier molecular flexibility index (Phi) is 7.60. The number of carbonyl (C=O) groups is 2. The second kappa shape index (κ2) is 10.8. The molecule has 2 aromatic heterocycles. The fraction of sp³-hybridized carbons (Fsp3) is 0.308. The quantitative estimate of drug-likeness (QED) is 0.462. The van der Waals surface area contributed by atoms with Gasteiger partial charge in [0.05, 0.1) is 30.8 Å². The van der Waals surface area contributed by atoms with Crippen molar-refractivity contribution in [1.82, 2.24) is 14.9 Å².